The second-order valence-electron chi connectivity index (χ2n) is 6.36. The summed E-state index contributed by atoms with van der Waals surface area (Å²) in [6, 6.07) is 7.04. The van der Waals surface area contributed by atoms with Gasteiger partial charge < -0.3 is 14.8 Å². The first kappa shape index (κ1) is 14.7. The Balaban J connectivity index is 1.69. The summed E-state index contributed by atoms with van der Waals surface area (Å²) in [5, 5.41) is 3.62. The number of nitrogens with one attached hydrogen (secondary N) is 1. The van der Waals surface area contributed by atoms with Gasteiger partial charge in [0.2, 0.25) is 0 Å². The van der Waals surface area contributed by atoms with Gasteiger partial charge in [-0.15, -0.1) is 0 Å². The normalized spacial score (nSPS) is 23.2. The molecule has 3 nitrogen and oxygen atoms in total. The van der Waals surface area contributed by atoms with Crippen molar-refractivity contribution in [2.45, 2.75) is 63.5 Å². The highest BCUT2D eigenvalue weighted by molar-refractivity contribution is 5.43. The molecule has 116 valence electrons. The molecule has 1 heterocycles. The zero-order valence-corrected chi connectivity index (χ0v) is 13.1. The van der Waals surface area contributed by atoms with Crippen LogP contribution in [0.5, 0.6) is 11.5 Å². The second kappa shape index (κ2) is 7.17. The van der Waals surface area contributed by atoms with Gasteiger partial charge >= 0.3 is 0 Å². The Morgan fingerprint density at radius 3 is 2.57 bits per heavy atom. The molecule has 1 aromatic rings. The first-order valence-electron chi connectivity index (χ1n) is 8.42. The van der Waals surface area contributed by atoms with Gasteiger partial charge in [0.25, 0.3) is 0 Å². The first-order chi connectivity index (χ1) is 10.3. The molecule has 2 aliphatic rings. The van der Waals surface area contributed by atoms with Gasteiger partial charge in [0, 0.05) is 6.04 Å². The Morgan fingerprint density at radius 1 is 1.05 bits per heavy atom. The van der Waals surface area contributed by atoms with Crippen LogP contribution >= 0.6 is 0 Å². The predicted octanol–water partition coefficient (Wildman–Crippen LogP) is 3.70. The van der Waals surface area contributed by atoms with Crippen molar-refractivity contribution in [2.75, 3.05) is 13.7 Å². The summed E-state index contributed by atoms with van der Waals surface area (Å²) >= 11 is 0. The molecule has 0 bridgehead atoms. The predicted molar refractivity (Wildman–Crippen MR) is 85.2 cm³/mol. The lowest BCUT2D eigenvalue weighted by atomic mass is 9.97. The van der Waals surface area contributed by atoms with E-state index in [2.05, 4.69) is 23.5 Å². The average Bonchev–Trinajstić information content (AvgIpc) is 3.02. The van der Waals surface area contributed by atoms with E-state index in [-0.39, 0.29) is 0 Å². The maximum atomic E-state index is 6.18. The highest BCUT2D eigenvalue weighted by Crippen LogP contribution is 2.33. The Hall–Kier alpha value is -1.22. The van der Waals surface area contributed by atoms with Gasteiger partial charge in [-0.1, -0.05) is 12.5 Å². The highest BCUT2D eigenvalue weighted by Gasteiger charge is 2.19. The van der Waals surface area contributed by atoms with Crippen LogP contribution < -0.4 is 14.8 Å². The lowest BCUT2D eigenvalue weighted by molar-refractivity contribution is 0.200. The van der Waals surface area contributed by atoms with E-state index in [1.165, 1.54) is 50.5 Å². The van der Waals surface area contributed by atoms with Gasteiger partial charge in [-0.25, -0.2) is 0 Å². The van der Waals surface area contributed by atoms with Gasteiger partial charge in [0.15, 0.2) is 11.5 Å². The fourth-order valence-electron chi connectivity index (χ4n) is 3.51. The van der Waals surface area contributed by atoms with Crippen LogP contribution in [0.4, 0.5) is 0 Å². The average molecular weight is 289 g/mol. The quantitative estimate of drug-likeness (QED) is 0.896. The third-order valence-electron chi connectivity index (χ3n) is 4.72. The molecule has 0 aromatic heterocycles. The molecule has 1 N–H and O–H groups in total. The molecule has 1 saturated carbocycles. The summed E-state index contributed by atoms with van der Waals surface area (Å²) < 4.78 is 11.6. The Morgan fingerprint density at radius 2 is 1.86 bits per heavy atom. The molecule has 1 aliphatic heterocycles. The Kier molecular flexibility index (Phi) is 5.02. The number of piperidine rings is 1. The van der Waals surface area contributed by atoms with E-state index < -0.39 is 0 Å². The van der Waals surface area contributed by atoms with Gasteiger partial charge in [-0.3, -0.25) is 0 Å². The van der Waals surface area contributed by atoms with Crippen LogP contribution in [0.15, 0.2) is 18.2 Å². The van der Waals surface area contributed by atoms with E-state index >= 15 is 0 Å². The van der Waals surface area contributed by atoms with Crippen molar-refractivity contribution in [3.8, 4) is 11.5 Å². The zero-order valence-electron chi connectivity index (χ0n) is 13.1. The van der Waals surface area contributed by atoms with Gasteiger partial charge in [0.1, 0.15) is 0 Å². The number of methoxy groups -OCH3 is 1. The fourth-order valence-corrected chi connectivity index (χ4v) is 3.51. The van der Waals surface area contributed by atoms with Crippen molar-refractivity contribution in [1.29, 1.82) is 0 Å². The lowest BCUT2D eigenvalue weighted by Gasteiger charge is -2.24. The summed E-state index contributed by atoms with van der Waals surface area (Å²) in [4.78, 5) is 0. The minimum Gasteiger partial charge on any atom is -0.493 e. The summed E-state index contributed by atoms with van der Waals surface area (Å²) in [6.07, 6.45) is 10.3. The van der Waals surface area contributed by atoms with E-state index in [1.807, 2.05) is 0 Å². The Bertz CT molecular complexity index is 449. The summed E-state index contributed by atoms with van der Waals surface area (Å²) in [5.41, 5.74) is 1.35. The molecule has 1 aliphatic carbocycles. The van der Waals surface area contributed by atoms with E-state index in [0.29, 0.717) is 12.1 Å². The molecule has 1 unspecified atom stereocenters. The highest BCUT2D eigenvalue weighted by atomic mass is 16.5. The molecule has 2 fully saturated rings. The van der Waals surface area contributed by atoms with Crippen LogP contribution in [-0.4, -0.2) is 25.8 Å². The minimum atomic E-state index is 0.377. The van der Waals surface area contributed by atoms with Crippen LogP contribution in [0.25, 0.3) is 0 Å². The lowest BCUT2D eigenvalue weighted by Crippen LogP contribution is -2.35. The van der Waals surface area contributed by atoms with Gasteiger partial charge in [-0.05, 0) is 69.2 Å². The zero-order chi connectivity index (χ0) is 14.5. The molecule has 0 radical (unpaired) electrons. The van der Waals surface area contributed by atoms with Crippen LogP contribution in [0.3, 0.4) is 0 Å². The van der Waals surface area contributed by atoms with Crippen molar-refractivity contribution < 1.29 is 9.47 Å². The number of hydrogen-bond acceptors (Lipinski definition) is 3. The summed E-state index contributed by atoms with van der Waals surface area (Å²) in [5.74, 6) is 1.79. The van der Waals surface area contributed by atoms with Gasteiger partial charge in [0.05, 0.1) is 13.2 Å². The molecule has 1 atom stereocenters. The number of hydrogen-bond donors (Lipinski definition) is 1. The van der Waals surface area contributed by atoms with Crippen molar-refractivity contribution in [3.63, 3.8) is 0 Å². The van der Waals surface area contributed by atoms with Crippen LogP contribution in [0, 0.1) is 0 Å². The number of rotatable bonds is 5. The maximum Gasteiger partial charge on any atom is 0.161 e. The van der Waals surface area contributed by atoms with E-state index in [0.717, 1.165) is 24.5 Å². The molecular formula is C18H27NO2. The molecule has 3 heteroatoms. The van der Waals surface area contributed by atoms with E-state index in [9.17, 15) is 0 Å². The van der Waals surface area contributed by atoms with Crippen molar-refractivity contribution in [2.24, 2.45) is 0 Å². The van der Waals surface area contributed by atoms with Gasteiger partial charge in [-0.2, -0.15) is 0 Å². The Labute approximate surface area is 128 Å². The molecule has 1 aromatic carbocycles. The first-order valence-corrected chi connectivity index (χ1v) is 8.42. The minimum absolute atomic E-state index is 0.377. The van der Waals surface area contributed by atoms with E-state index in [1.54, 1.807) is 7.11 Å². The molecule has 0 spiro atoms. The van der Waals surface area contributed by atoms with Crippen molar-refractivity contribution in [1.82, 2.24) is 5.32 Å². The maximum absolute atomic E-state index is 6.18. The van der Waals surface area contributed by atoms with Crippen molar-refractivity contribution in [3.05, 3.63) is 23.8 Å². The fraction of sp³-hybridized carbons (Fsp3) is 0.667. The molecule has 1 saturated heterocycles. The summed E-state index contributed by atoms with van der Waals surface area (Å²) in [6.45, 7) is 1.16. The second-order valence-corrected chi connectivity index (χ2v) is 6.36. The monoisotopic (exact) mass is 289 g/mol. The van der Waals surface area contributed by atoms with Crippen LogP contribution in [0.2, 0.25) is 0 Å². The van der Waals surface area contributed by atoms with Crippen LogP contribution in [-0.2, 0) is 6.42 Å². The third-order valence-corrected chi connectivity index (χ3v) is 4.72. The van der Waals surface area contributed by atoms with E-state index in [4.69, 9.17) is 9.47 Å². The SMILES string of the molecule is COc1ccc(CC2CCCCN2)cc1OC1CCCC1. The topological polar surface area (TPSA) is 30.5 Å². The largest absolute Gasteiger partial charge is 0.493 e. The molecule has 21 heavy (non-hydrogen) atoms. The smallest absolute Gasteiger partial charge is 0.161 e. The number of benzene rings is 1. The molecule has 0 amide bonds. The van der Waals surface area contributed by atoms with Crippen molar-refractivity contribution >= 4 is 0 Å². The summed E-state index contributed by atoms with van der Waals surface area (Å²) in [7, 11) is 1.72. The standard InChI is InChI=1S/C18H27NO2/c1-20-17-10-9-14(12-15-6-4-5-11-19-15)13-18(17)21-16-7-2-3-8-16/h9-10,13,15-16,19H,2-8,11-12H2,1H3. The molecule has 3 rings (SSSR count). The third kappa shape index (κ3) is 3.91. The molecular weight excluding hydrogens is 262 g/mol. The van der Waals surface area contributed by atoms with Crippen LogP contribution in [0.1, 0.15) is 50.5 Å². The number of ether oxygens (including phenoxy) is 2.